The Bertz CT molecular complexity index is 734. The van der Waals surface area contributed by atoms with Gasteiger partial charge >= 0.3 is 12.8 Å². The molecule has 2 aromatic rings. The van der Waals surface area contributed by atoms with Crippen molar-refractivity contribution in [3.63, 3.8) is 0 Å². The van der Waals surface area contributed by atoms with Crippen molar-refractivity contribution < 1.29 is 26.7 Å². The fourth-order valence-corrected chi connectivity index (χ4v) is 1.91. The van der Waals surface area contributed by atoms with Gasteiger partial charge in [-0.3, -0.25) is 5.43 Å². The van der Waals surface area contributed by atoms with Crippen LogP contribution in [0.25, 0.3) is 0 Å². The summed E-state index contributed by atoms with van der Waals surface area (Å²) >= 11 is 5.80. The highest BCUT2D eigenvalue weighted by molar-refractivity contribution is 6.33. The van der Waals surface area contributed by atoms with E-state index in [9.17, 15) is 22.0 Å². The molecule has 0 atom stereocenters. The largest absolute Gasteiger partial charge is 0.434 e. The van der Waals surface area contributed by atoms with E-state index in [1.807, 2.05) is 0 Å². The summed E-state index contributed by atoms with van der Waals surface area (Å²) in [5.41, 5.74) is 1.59. The van der Waals surface area contributed by atoms with Crippen LogP contribution in [0.2, 0.25) is 5.02 Å². The van der Waals surface area contributed by atoms with Crippen LogP contribution in [0.4, 0.5) is 27.6 Å². The van der Waals surface area contributed by atoms with E-state index in [1.54, 1.807) is 6.07 Å². The van der Waals surface area contributed by atoms with E-state index in [0.717, 1.165) is 24.4 Å². The van der Waals surface area contributed by atoms with Crippen LogP contribution in [0.5, 0.6) is 5.75 Å². The summed E-state index contributed by atoms with van der Waals surface area (Å²) in [6, 6.07) is 8.53. The Hall–Kier alpha value is -2.35. The van der Waals surface area contributed by atoms with E-state index in [4.69, 9.17) is 11.6 Å². The summed E-state index contributed by atoms with van der Waals surface area (Å²) in [6.45, 7) is -3.01. The van der Waals surface area contributed by atoms with Crippen molar-refractivity contribution in [2.24, 2.45) is 5.10 Å². The molecule has 2 aromatic carbocycles. The number of ether oxygens (including phenoxy) is 1. The fourth-order valence-electron chi connectivity index (χ4n) is 1.75. The van der Waals surface area contributed by atoms with E-state index in [1.165, 1.54) is 18.2 Å². The molecule has 128 valence electrons. The Kier molecular flexibility index (Phi) is 5.61. The van der Waals surface area contributed by atoms with Gasteiger partial charge in [-0.2, -0.15) is 27.1 Å². The maximum atomic E-state index is 12.7. The quantitative estimate of drug-likeness (QED) is 0.437. The highest BCUT2D eigenvalue weighted by Gasteiger charge is 2.30. The van der Waals surface area contributed by atoms with Gasteiger partial charge in [0, 0.05) is 5.56 Å². The molecular weight excluding hydrogens is 355 g/mol. The lowest BCUT2D eigenvalue weighted by Gasteiger charge is -2.10. The fraction of sp³-hybridized carbons (Fsp3) is 0.133. The summed E-state index contributed by atoms with van der Waals surface area (Å²) < 4.78 is 66.9. The van der Waals surface area contributed by atoms with Crippen LogP contribution >= 0.6 is 11.6 Å². The number of anilines is 1. The lowest BCUT2D eigenvalue weighted by Crippen LogP contribution is -2.06. The molecule has 0 aromatic heterocycles. The smallest absolute Gasteiger partial charge is 0.416 e. The van der Waals surface area contributed by atoms with Gasteiger partial charge in [-0.05, 0) is 30.3 Å². The second kappa shape index (κ2) is 7.48. The highest BCUT2D eigenvalue weighted by atomic mass is 35.5. The maximum absolute atomic E-state index is 12.7. The molecular formula is C15H10ClF5N2O. The topological polar surface area (TPSA) is 33.6 Å². The van der Waals surface area contributed by atoms with Gasteiger partial charge in [-0.25, -0.2) is 0 Å². The van der Waals surface area contributed by atoms with Crippen LogP contribution < -0.4 is 10.2 Å². The van der Waals surface area contributed by atoms with Crippen molar-refractivity contribution in [2.75, 3.05) is 5.43 Å². The number of alkyl halides is 5. The Labute approximate surface area is 138 Å². The van der Waals surface area contributed by atoms with Crippen LogP contribution in [-0.2, 0) is 6.18 Å². The van der Waals surface area contributed by atoms with Gasteiger partial charge < -0.3 is 4.74 Å². The van der Waals surface area contributed by atoms with Gasteiger partial charge in [0.2, 0.25) is 0 Å². The first-order chi connectivity index (χ1) is 11.3. The molecule has 0 aliphatic heterocycles. The van der Waals surface area contributed by atoms with Crippen LogP contribution in [0.15, 0.2) is 47.6 Å². The van der Waals surface area contributed by atoms with Crippen molar-refractivity contribution in [3.05, 3.63) is 58.6 Å². The number of hydrogen-bond donors (Lipinski definition) is 1. The number of hydrazone groups is 1. The third-order valence-corrected chi connectivity index (χ3v) is 3.15. The summed E-state index contributed by atoms with van der Waals surface area (Å²) in [6.07, 6.45) is -3.39. The van der Waals surface area contributed by atoms with Crippen molar-refractivity contribution in [1.29, 1.82) is 0 Å². The third-order valence-electron chi connectivity index (χ3n) is 2.82. The average molecular weight is 365 g/mol. The highest BCUT2D eigenvalue weighted by Crippen LogP contribution is 2.33. The summed E-state index contributed by atoms with van der Waals surface area (Å²) in [5, 5.41) is 3.74. The van der Waals surface area contributed by atoms with E-state index in [0.29, 0.717) is 0 Å². The molecule has 0 spiro atoms. The minimum Gasteiger partial charge on any atom is -0.434 e. The Morgan fingerprint density at radius 1 is 1.12 bits per heavy atom. The molecule has 24 heavy (non-hydrogen) atoms. The summed E-state index contributed by atoms with van der Waals surface area (Å²) in [4.78, 5) is 0. The molecule has 0 aliphatic rings. The van der Waals surface area contributed by atoms with Crippen molar-refractivity contribution in [2.45, 2.75) is 12.8 Å². The van der Waals surface area contributed by atoms with Crippen molar-refractivity contribution in [1.82, 2.24) is 0 Å². The van der Waals surface area contributed by atoms with Gasteiger partial charge in [0.15, 0.2) is 0 Å². The number of para-hydroxylation sites is 1. The van der Waals surface area contributed by atoms with Gasteiger partial charge in [0.25, 0.3) is 0 Å². The number of halogens is 6. The lowest BCUT2D eigenvalue weighted by molar-refractivity contribution is -0.137. The zero-order valence-electron chi connectivity index (χ0n) is 11.8. The van der Waals surface area contributed by atoms with Crippen LogP contribution in [-0.4, -0.2) is 12.8 Å². The van der Waals surface area contributed by atoms with Crippen molar-refractivity contribution in [3.8, 4) is 5.75 Å². The Morgan fingerprint density at radius 2 is 1.83 bits per heavy atom. The first kappa shape index (κ1) is 18.0. The zero-order chi connectivity index (χ0) is 17.7. The molecule has 9 heteroatoms. The summed E-state index contributed by atoms with van der Waals surface area (Å²) in [7, 11) is 0. The second-order valence-corrected chi connectivity index (χ2v) is 4.89. The van der Waals surface area contributed by atoms with Gasteiger partial charge in [-0.1, -0.05) is 23.7 Å². The monoisotopic (exact) mass is 364 g/mol. The molecule has 0 aliphatic carbocycles. The van der Waals surface area contributed by atoms with Crippen LogP contribution in [0, 0.1) is 0 Å². The average Bonchev–Trinajstić information content (AvgIpc) is 2.49. The van der Waals surface area contributed by atoms with Crippen LogP contribution in [0.1, 0.15) is 11.1 Å². The first-order valence-corrected chi connectivity index (χ1v) is 6.85. The minimum absolute atomic E-state index is 0.0252. The maximum Gasteiger partial charge on any atom is 0.416 e. The molecule has 0 unspecified atom stereocenters. The second-order valence-electron chi connectivity index (χ2n) is 4.48. The van der Waals surface area contributed by atoms with Gasteiger partial charge in [-0.15, -0.1) is 0 Å². The van der Waals surface area contributed by atoms with Crippen LogP contribution in [0.3, 0.4) is 0 Å². The zero-order valence-corrected chi connectivity index (χ0v) is 12.6. The van der Waals surface area contributed by atoms with E-state index >= 15 is 0 Å². The predicted molar refractivity (Wildman–Crippen MR) is 80.7 cm³/mol. The molecule has 0 saturated heterocycles. The number of hydrogen-bond acceptors (Lipinski definition) is 3. The first-order valence-electron chi connectivity index (χ1n) is 6.47. The number of nitrogens with one attached hydrogen (secondary N) is 1. The Balaban J connectivity index is 2.18. The third kappa shape index (κ3) is 4.82. The standard InChI is InChI=1S/C15H10ClF5N2O/c16-11-6-5-10(15(19,20)21)7-12(11)23-22-8-9-3-1-2-4-13(9)24-14(17)18/h1-8,14,23H/b22-8+. The number of benzene rings is 2. The molecule has 0 saturated carbocycles. The molecule has 0 bridgehead atoms. The lowest BCUT2D eigenvalue weighted by atomic mass is 10.2. The molecule has 1 N–H and O–H groups in total. The molecule has 0 heterocycles. The summed E-state index contributed by atoms with van der Waals surface area (Å²) in [5.74, 6) is -0.117. The van der Waals surface area contributed by atoms with Gasteiger partial charge in [0.1, 0.15) is 5.75 Å². The SMILES string of the molecule is FC(F)Oc1ccccc1/C=N/Nc1cc(C(F)(F)F)ccc1Cl. The molecule has 3 nitrogen and oxygen atoms in total. The predicted octanol–water partition coefficient (Wildman–Crippen LogP) is 5.41. The number of nitrogens with zero attached hydrogens (tertiary/aromatic N) is 1. The normalized spacial score (nSPS) is 12.0. The molecule has 2 rings (SSSR count). The number of rotatable bonds is 5. The minimum atomic E-state index is -4.53. The molecule has 0 amide bonds. The van der Waals surface area contributed by atoms with E-state index < -0.39 is 18.4 Å². The van der Waals surface area contributed by atoms with Gasteiger partial charge in [0.05, 0.1) is 22.5 Å². The Morgan fingerprint density at radius 3 is 2.50 bits per heavy atom. The molecule has 0 fully saturated rings. The van der Waals surface area contributed by atoms with E-state index in [2.05, 4.69) is 15.3 Å². The van der Waals surface area contributed by atoms with Crippen molar-refractivity contribution >= 4 is 23.5 Å². The van der Waals surface area contributed by atoms with E-state index in [-0.39, 0.29) is 22.0 Å². The molecule has 0 radical (unpaired) electrons.